The van der Waals surface area contributed by atoms with Gasteiger partial charge in [0.1, 0.15) is 6.61 Å². The Morgan fingerprint density at radius 2 is 1.92 bits per heavy atom. The van der Waals surface area contributed by atoms with Crippen LogP contribution in [0.5, 0.6) is 11.5 Å². The molecule has 0 radical (unpaired) electrons. The van der Waals surface area contributed by atoms with Crippen molar-refractivity contribution in [2.45, 2.75) is 38.1 Å². The largest absolute Gasteiger partial charge is 0.493 e. The molecule has 2 aliphatic rings. The Labute approximate surface area is 215 Å². The molecule has 2 aromatic rings. The Morgan fingerprint density at radius 1 is 1.16 bits per heavy atom. The summed E-state index contributed by atoms with van der Waals surface area (Å²) in [5.41, 5.74) is 2.26. The van der Waals surface area contributed by atoms with Gasteiger partial charge in [-0.15, -0.1) is 0 Å². The van der Waals surface area contributed by atoms with Crippen molar-refractivity contribution in [2.24, 2.45) is 0 Å². The van der Waals surface area contributed by atoms with E-state index in [1.54, 1.807) is 4.90 Å². The summed E-state index contributed by atoms with van der Waals surface area (Å²) in [5, 5.41) is 11.5. The van der Waals surface area contributed by atoms with Crippen molar-refractivity contribution >= 4 is 23.7 Å². The van der Waals surface area contributed by atoms with Crippen LogP contribution in [0.15, 0.2) is 49.1 Å². The van der Waals surface area contributed by atoms with Gasteiger partial charge in [0, 0.05) is 19.0 Å². The van der Waals surface area contributed by atoms with Crippen LogP contribution in [0.2, 0.25) is 0 Å². The third-order valence-electron chi connectivity index (χ3n) is 6.46. The van der Waals surface area contributed by atoms with Crippen molar-refractivity contribution in [3.05, 3.63) is 65.7 Å². The number of hydrogen-bond donors (Lipinski definition) is 1. The normalized spacial score (nSPS) is 18.1. The van der Waals surface area contributed by atoms with Gasteiger partial charge in [-0.25, -0.2) is 9.69 Å². The number of nitrogens with zero attached hydrogens (tertiary/aromatic N) is 2. The second kappa shape index (κ2) is 11.3. The van der Waals surface area contributed by atoms with Crippen LogP contribution < -0.4 is 14.4 Å². The minimum atomic E-state index is -1.39. The molecule has 10 heteroatoms. The smallest absolute Gasteiger partial charge is 0.416 e. The molecule has 2 atom stereocenters. The van der Waals surface area contributed by atoms with Gasteiger partial charge < -0.3 is 29.0 Å². The van der Waals surface area contributed by atoms with Crippen LogP contribution in [0.3, 0.4) is 0 Å². The summed E-state index contributed by atoms with van der Waals surface area (Å²) in [6.07, 6.45) is 0.101. The Balaban J connectivity index is 1.75. The Morgan fingerprint density at radius 3 is 2.62 bits per heavy atom. The number of carbonyl (C=O) groups is 3. The van der Waals surface area contributed by atoms with Gasteiger partial charge in [0.25, 0.3) is 5.91 Å². The van der Waals surface area contributed by atoms with E-state index in [0.29, 0.717) is 12.8 Å². The number of aliphatic hydroxyl groups is 1. The lowest BCUT2D eigenvalue weighted by atomic mass is 9.93. The molecular formula is C27H30N2O8. The molecule has 0 saturated heterocycles. The average molecular weight is 511 g/mol. The van der Waals surface area contributed by atoms with E-state index in [4.69, 9.17) is 14.2 Å². The summed E-state index contributed by atoms with van der Waals surface area (Å²) in [7, 11) is 2.75. The van der Waals surface area contributed by atoms with E-state index in [9.17, 15) is 19.5 Å². The number of aliphatic hydroxyl groups excluding tert-OH is 1. The highest BCUT2D eigenvalue weighted by molar-refractivity contribution is 6.06. The summed E-state index contributed by atoms with van der Waals surface area (Å²) >= 11 is 0. The first kappa shape index (κ1) is 26.0. The van der Waals surface area contributed by atoms with Crippen LogP contribution in [-0.4, -0.2) is 67.7 Å². The molecule has 37 heavy (non-hydrogen) atoms. The fourth-order valence-electron chi connectivity index (χ4n) is 4.60. The molecule has 0 aromatic heterocycles. The van der Waals surface area contributed by atoms with Gasteiger partial charge in [-0.05, 0) is 30.0 Å². The molecule has 196 valence electrons. The van der Waals surface area contributed by atoms with Crippen LogP contribution in [0, 0.1) is 0 Å². The predicted molar refractivity (Wildman–Crippen MR) is 134 cm³/mol. The van der Waals surface area contributed by atoms with Gasteiger partial charge in [0.05, 0.1) is 38.1 Å². The highest BCUT2D eigenvalue weighted by atomic mass is 16.6. The van der Waals surface area contributed by atoms with Gasteiger partial charge in [0.2, 0.25) is 0 Å². The summed E-state index contributed by atoms with van der Waals surface area (Å²) in [6, 6.07) is 9.97. The number of esters is 1. The number of amides is 2. The van der Waals surface area contributed by atoms with Gasteiger partial charge in [0.15, 0.2) is 17.7 Å². The number of hydrogen-bond acceptors (Lipinski definition) is 8. The predicted octanol–water partition coefficient (Wildman–Crippen LogP) is 3.06. The SMILES string of the molecule is C=CCOC(=O)N1c2cc(OCCCC(=O)OC)c(OC)cc2C(=O)N2Cc3ccccc3CC2C1O. The average Bonchev–Trinajstić information content (AvgIpc) is 3.00. The van der Waals surface area contributed by atoms with Crippen molar-refractivity contribution in [3.8, 4) is 11.5 Å². The third kappa shape index (κ3) is 5.24. The van der Waals surface area contributed by atoms with E-state index in [0.717, 1.165) is 16.0 Å². The summed E-state index contributed by atoms with van der Waals surface area (Å²) in [6.45, 7) is 3.93. The summed E-state index contributed by atoms with van der Waals surface area (Å²) in [4.78, 5) is 41.1. The Bertz CT molecular complexity index is 1200. The number of carbonyl (C=O) groups excluding carboxylic acids is 3. The number of benzene rings is 2. The fraction of sp³-hybridized carbons (Fsp3) is 0.370. The monoisotopic (exact) mass is 510 g/mol. The lowest BCUT2D eigenvalue weighted by Crippen LogP contribution is -2.55. The quantitative estimate of drug-likeness (QED) is 0.327. The van der Waals surface area contributed by atoms with E-state index in [1.165, 1.54) is 32.4 Å². The van der Waals surface area contributed by atoms with Crippen molar-refractivity contribution in [2.75, 3.05) is 32.3 Å². The molecule has 2 heterocycles. The maximum Gasteiger partial charge on any atom is 0.416 e. The Kier molecular flexibility index (Phi) is 7.98. The first-order chi connectivity index (χ1) is 17.9. The zero-order valence-corrected chi connectivity index (χ0v) is 20.8. The molecule has 0 fully saturated rings. The molecule has 2 unspecified atom stereocenters. The van der Waals surface area contributed by atoms with Gasteiger partial charge in [-0.2, -0.15) is 0 Å². The molecule has 0 saturated carbocycles. The molecule has 2 aliphatic heterocycles. The van der Waals surface area contributed by atoms with Crippen LogP contribution >= 0.6 is 0 Å². The first-order valence-electron chi connectivity index (χ1n) is 11.9. The lowest BCUT2D eigenvalue weighted by molar-refractivity contribution is -0.140. The molecule has 0 spiro atoms. The van der Waals surface area contributed by atoms with Crippen molar-refractivity contribution < 1.29 is 38.4 Å². The molecular weight excluding hydrogens is 480 g/mol. The highest BCUT2D eigenvalue weighted by Gasteiger charge is 2.45. The molecule has 2 amide bonds. The second-order valence-corrected chi connectivity index (χ2v) is 8.67. The number of methoxy groups -OCH3 is 2. The van der Waals surface area contributed by atoms with Gasteiger partial charge >= 0.3 is 12.1 Å². The number of anilines is 1. The minimum Gasteiger partial charge on any atom is -0.493 e. The lowest BCUT2D eigenvalue weighted by Gasteiger charge is -2.39. The van der Waals surface area contributed by atoms with Crippen molar-refractivity contribution in [3.63, 3.8) is 0 Å². The third-order valence-corrected chi connectivity index (χ3v) is 6.46. The minimum absolute atomic E-state index is 0.0738. The molecule has 10 nitrogen and oxygen atoms in total. The Hall–Kier alpha value is -4.05. The number of fused-ring (bicyclic) bond motifs is 3. The van der Waals surface area contributed by atoms with Crippen LogP contribution in [0.1, 0.15) is 34.3 Å². The summed E-state index contributed by atoms with van der Waals surface area (Å²) < 4.78 is 21.3. The van der Waals surface area contributed by atoms with E-state index >= 15 is 0 Å². The molecule has 0 aliphatic carbocycles. The molecule has 2 aromatic carbocycles. The molecule has 0 bridgehead atoms. The highest BCUT2D eigenvalue weighted by Crippen LogP contribution is 2.41. The zero-order chi connectivity index (χ0) is 26.5. The van der Waals surface area contributed by atoms with E-state index in [-0.39, 0.29) is 60.8 Å². The van der Waals surface area contributed by atoms with Crippen molar-refractivity contribution in [1.82, 2.24) is 4.90 Å². The molecule has 4 rings (SSSR count). The van der Waals surface area contributed by atoms with Crippen molar-refractivity contribution in [1.29, 1.82) is 0 Å². The first-order valence-corrected chi connectivity index (χ1v) is 11.9. The summed E-state index contributed by atoms with van der Waals surface area (Å²) in [5.74, 6) is -0.200. The van der Waals surface area contributed by atoms with E-state index in [1.807, 2.05) is 24.3 Å². The zero-order valence-electron chi connectivity index (χ0n) is 20.8. The second-order valence-electron chi connectivity index (χ2n) is 8.67. The topological polar surface area (TPSA) is 115 Å². The van der Waals surface area contributed by atoms with Crippen LogP contribution in [0.25, 0.3) is 0 Å². The fourth-order valence-corrected chi connectivity index (χ4v) is 4.60. The maximum atomic E-state index is 13.8. The van der Waals surface area contributed by atoms with Gasteiger partial charge in [-0.3, -0.25) is 9.59 Å². The number of rotatable bonds is 8. The van der Waals surface area contributed by atoms with E-state index < -0.39 is 18.4 Å². The molecule has 1 N–H and O–H groups in total. The van der Waals surface area contributed by atoms with Crippen LogP contribution in [0.4, 0.5) is 10.5 Å². The van der Waals surface area contributed by atoms with E-state index in [2.05, 4.69) is 11.3 Å². The standard InChI is InChI=1S/C27H30N2O8/c1-4-11-37-27(33)29-20-15-23(36-12-7-10-24(30)35-3)22(34-2)14-19(20)25(31)28-16-18-9-6-5-8-17(18)13-21(28)26(29)32/h4-6,8-9,14-15,21,26,32H,1,7,10-13,16H2,2-3H3. The van der Waals surface area contributed by atoms with Crippen LogP contribution in [-0.2, 0) is 27.2 Å². The number of ether oxygens (including phenoxy) is 4. The maximum absolute atomic E-state index is 13.8. The van der Waals surface area contributed by atoms with Gasteiger partial charge in [-0.1, -0.05) is 36.9 Å².